The monoisotopic (exact) mass is 348 g/mol. The van der Waals surface area contributed by atoms with Crippen molar-refractivity contribution in [2.24, 2.45) is 5.92 Å². The van der Waals surface area contributed by atoms with Crippen molar-refractivity contribution >= 4 is 38.5 Å². The minimum Gasteiger partial charge on any atom is -0.480 e. The van der Waals surface area contributed by atoms with Crippen LogP contribution in [0.15, 0.2) is 34.9 Å². The highest BCUT2D eigenvalue weighted by Gasteiger charge is 2.35. The van der Waals surface area contributed by atoms with Crippen LogP contribution in [0.3, 0.4) is 0 Å². The fourth-order valence-electron chi connectivity index (χ4n) is 3.18. The second-order valence-corrected chi connectivity index (χ2v) is 6.42. The van der Waals surface area contributed by atoms with Gasteiger partial charge in [-0.2, -0.15) is 0 Å². The van der Waals surface area contributed by atoms with Crippen LogP contribution in [0.5, 0.6) is 0 Å². The largest absolute Gasteiger partial charge is 0.480 e. The lowest BCUT2D eigenvalue weighted by atomic mass is 9.90. The van der Waals surface area contributed by atoms with Gasteiger partial charge in [-0.3, -0.25) is 0 Å². The second-order valence-electron chi connectivity index (χ2n) is 5.57. The summed E-state index contributed by atoms with van der Waals surface area (Å²) in [6, 6.07) is 7.39. The maximum Gasteiger partial charge on any atom is 0.326 e. The van der Waals surface area contributed by atoms with Crippen LogP contribution >= 0.6 is 15.9 Å². The predicted molar refractivity (Wildman–Crippen MR) is 86.6 cm³/mol. The molecule has 1 fully saturated rings. The van der Waals surface area contributed by atoms with E-state index in [1.54, 1.807) is 6.20 Å². The van der Waals surface area contributed by atoms with E-state index >= 15 is 0 Å². The lowest BCUT2D eigenvalue weighted by Gasteiger charge is -2.38. The number of aliphatic carboxylic acids is 1. The first-order valence-corrected chi connectivity index (χ1v) is 7.91. The van der Waals surface area contributed by atoms with Crippen molar-refractivity contribution in [2.75, 3.05) is 11.4 Å². The van der Waals surface area contributed by atoms with Crippen molar-refractivity contribution in [3.63, 3.8) is 0 Å². The molecular formula is C16H17BrN2O2. The summed E-state index contributed by atoms with van der Waals surface area (Å²) in [6.45, 7) is 2.74. The fraction of sp³-hybridized carbons (Fsp3) is 0.375. The maximum absolute atomic E-state index is 11.7. The SMILES string of the molecule is CC1CCCN(c2nccc3c(Br)cccc23)C1C(=O)O. The molecule has 5 heteroatoms. The van der Waals surface area contributed by atoms with Crippen LogP contribution < -0.4 is 4.90 Å². The van der Waals surface area contributed by atoms with Gasteiger partial charge in [-0.15, -0.1) is 0 Å². The van der Waals surface area contributed by atoms with E-state index < -0.39 is 12.0 Å². The highest BCUT2D eigenvalue weighted by molar-refractivity contribution is 9.10. The summed E-state index contributed by atoms with van der Waals surface area (Å²) in [4.78, 5) is 18.1. The summed E-state index contributed by atoms with van der Waals surface area (Å²) in [5.41, 5.74) is 0. The van der Waals surface area contributed by atoms with Crippen LogP contribution in [-0.2, 0) is 4.79 Å². The van der Waals surface area contributed by atoms with Gasteiger partial charge in [-0.25, -0.2) is 9.78 Å². The standard InChI is InChI=1S/C16H17BrN2O2/c1-10-4-3-9-19(14(10)16(20)21)15-12-5-2-6-13(17)11(12)7-8-18-15/h2,5-8,10,14H,3-4,9H2,1H3,(H,20,21). The summed E-state index contributed by atoms with van der Waals surface area (Å²) in [6.07, 6.45) is 3.69. The third-order valence-electron chi connectivity index (χ3n) is 4.19. The molecule has 3 rings (SSSR count). The Morgan fingerprint density at radius 3 is 2.95 bits per heavy atom. The Labute approximate surface area is 131 Å². The van der Waals surface area contributed by atoms with Crippen molar-refractivity contribution in [1.82, 2.24) is 4.98 Å². The quantitative estimate of drug-likeness (QED) is 0.899. The maximum atomic E-state index is 11.7. The molecule has 4 nitrogen and oxygen atoms in total. The number of carboxylic acids is 1. The lowest BCUT2D eigenvalue weighted by molar-refractivity contribution is -0.140. The first-order valence-electron chi connectivity index (χ1n) is 7.12. The van der Waals surface area contributed by atoms with E-state index in [-0.39, 0.29) is 5.92 Å². The molecule has 1 aromatic heterocycles. The molecule has 2 heterocycles. The number of aromatic nitrogens is 1. The zero-order chi connectivity index (χ0) is 15.0. The Hall–Kier alpha value is -1.62. The number of halogens is 1. The van der Waals surface area contributed by atoms with Crippen LogP contribution in [0.1, 0.15) is 19.8 Å². The van der Waals surface area contributed by atoms with Gasteiger partial charge in [0.2, 0.25) is 0 Å². The molecule has 1 saturated heterocycles. The molecule has 0 aliphatic carbocycles. The zero-order valence-corrected chi connectivity index (χ0v) is 13.4. The van der Waals surface area contributed by atoms with Gasteiger partial charge in [0.05, 0.1) is 0 Å². The van der Waals surface area contributed by atoms with Crippen LogP contribution in [-0.4, -0.2) is 28.6 Å². The topological polar surface area (TPSA) is 53.4 Å². The van der Waals surface area contributed by atoms with Gasteiger partial charge in [0.25, 0.3) is 0 Å². The van der Waals surface area contributed by atoms with E-state index in [9.17, 15) is 9.90 Å². The summed E-state index contributed by atoms with van der Waals surface area (Å²) in [5.74, 6) is 0.129. The zero-order valence-electron chi connectivity index (χ0n) is 11.8. The Balaban J connectivity index is 2.14. The normalized spacial score (nSPS) is 22.5. The number of carboxylic acid groups (broad SMARTS) is 1. The fourth-order valence-corrected chi connectivity index (χ4v) is 3.68. The highest BCUT2D eigenvalue weighted by Crippen LogP contribution is 2.34. The molecule has 2 aromatic rings. The average molecular weight is 349 g/mol. The molecular weight excluding hydrogens is 332 g/mol. The number of benzene rings is 1. The number of piperidine rings is 1. The minimum absolute atomic E-state index is 0.125. The summed E-state index contributed by atoms with van der Waals surface area (Å²) in [7, 11) is 0. The number of nitrogens with zero attached hydrogens (tertiary/aromatic N) is 2. The van der Waals surface area contributed by atoms with Gasteiger partial charge in [0.15, 0.2) is 0 Å². The van der Waals surface area contributed by atoms with Crippen molar-refractivity contribution in [2.45, 2.75) is 25.8 Å². The average Bonchev–Trinajstić information content (AvgIpc) is 2.46. The lowest BCUT2D eigenvalue weighted by Crippen LogP contribution is -2.49. The van der Waals surface area contributed by atoms with Gasteiger partial charge < -0.3 is 10.0 Å². The molecule has 21 heavy (non-hydrogen) atoms. The Bertz CT molecular complexity index is 689. The van der Waals surface area contributed by atoms with E-state index in [0.29, 0.717) is 0 Å². The molecule has 1 aliphatic heterocycles. The smallest absolute Gasteiger partial charge is 0.326 e. The third kappa shape index (κ3) is 2.50. The van der Waals surface area contributed by atoms with Gasteiger partial charge in [-0.1, -0.05) is 35.0 Å². The van der Waals surface area contributed by atoms with Crippen LogP contribution in [0.4, 0.5) is 5.82 Å². The molecule has 0 bridgehead atoms. The predicted octanol–water partition coefficient (Wildman–Crippen LogP) is 3.69. The van der Waals surface area contributed by atoms with E-state index in [1.807, 2.05) is 36.1 Å². The van der Waals surface area contributed by atoms with Gasteiger partial charge >= 0.3 is 5.97 Å². The molecule has 1 aliphatic rings. The number of carbonyl (C=O) groups is 1. The Morgan fingerprint density at radius 1 is 1.38 bits per heavy atom. The summed E-state index contributed by atoms with van der Waals surface area (Å²) >= 11 is 3.55. The molecule has 110 valence electrons. The second kappa shape index (κ2) is 5.64. The first kappa shape index (κ1) is 14.3. The molecule has 2 atom stereocenters. The van der Waals surface area contributed by atoms with E-state index in [1.165, 1.54) is 0 Å². The van der Waals surface area contributed by atoms with E-state index in [0.717, 1.165) is 40.4 Å². The van der Waals surface area contributed by atoms with Crippen molar-refractivity contribution < 1.29 is 9.90 Å². The third-order valence-corrected chi connectivity index (χ3v) is 4.88. The number of hydrogen-bond donors (Lipinski definition) is 1. The highest BCUT2D eigenvalue weighted by atomic mass is 79.9. The van der Waals surface area contributed by atoms with Gasteiger partial charge in [0, 0.05) is 28.0 Å². The van der Waals surface area contributed by atoms with Crippen molar-refractivity contribution in [3.05, 3.63) is 34.9 Å². The Morgan fingerprint density at radius 2 is 2.19 bits per heavy atom. The van der Waals surface area contributed by atoms with Gasteiger partial charge in [-0.05, 0) is 30.9 Å². The molecule has 2 unspecified atom stereocenters. The van der Waals surface area contributed by atoms with Crippen LogP contribution in [0.25, 0.3) is 10.8 Å². The molecule has 0 radical (unpaired) electrons. The van der Waals surface area contributed by atoms with Crippen molar-refractivity contribution in [3.8, 4) is 0 Å². The first-order chi connectivity index (χ1) is 10.1. The number of rotatable bonds is 2. The molecule has 1 N–H and O–H groups in total. The van der Waals surface area contributed by atoms with E-state index in [4.69, 9.17) is 0 Å². The molecule has 0 saturated carbocycles. The molecule has 0 amide bonds. The number of fused-ring (bicyclic) bond motifs is 1. The number of pyridine rings is 1. The number of hydrogen-bond acceptors (Lipinski definition) is 3. The summed E-state index contributed by atoms with van der Waals surface area (Å²) in [5, 5.41) is 11.6. The number of anilines is 1. The minimum atomic E-state index is -0.768. The molecule has 0 spiro atoms. The Kier molecular flexibility index (Phi) is 3.85. The summed E-state index contributed by atoms with van der Waals surface area (Å²) < 4.78 is 1.00. The van der Waals surface area contributed by atoms with Crippen LogP contribution in [0, 0.1) is 5.92 Å². The molecule has 1 aromatic carbocycles. The van der Waals surface area contributed by atoms with E-state index in [2.05, 4.69) is 20.9 Å². The van der Waals surface area contributed by atoms with Gasteiger partial charge in [0.1, 0.15) is 11.9 Å². The van der Waals surface area contributed by atoms with Crippen LogP contribution in [0.2, 0.25) is 0 Å². The van der Waals surface area contributed by atoms with Crippen molar-refractivity contribution in [1.29, 1.82) is 0 Å².